The van der Waals surface area contributed by atoms with Crippen LogP contribution in [0.3, 0.4) is 0 Å². The van der Waals surface area contributed by atoms with Crippen LogP contribution in [0, 0.1) is 17.0 Å². The van der Waals surface area contributed by atoms with Crippen molar-refractivity contribution in [2.45, 2.75) is 6.92 Å². The van der Waals surface area contributed by atoms with Gasteiger partial charge in [-0.05, 0) is 36.2 Å². The first-order valence-electron chi connectivity index (χ1n) is 6.94. The second-order valence-corrected chi connectivity index (χ2v) is 4.82. The van der Waals surface area contributed by atoms with E-state index in [1.165, 1.54) is 6.08 Å². The Labute approximate surface area is 133 Å². The number of carbonyl (C=O) groups is 1. The van der Waals surface area contributed by atoms with Gasteiger partial charge < -0.3 is 10.1 Å². The van der Waals surface area contributed by atoms with Crippen LogP contribution >= 0.6 is 0 Å². The molecule has 0 bridgehead atoms. The van der Waals surface area contributed by atoms with Gasteiger partial charge in [0.25, 0.3) is 5.91 Å². The summed E-state index contributed by atoms with van der Waals surface area (Å²) in [6, 6.07) is 14.1. The van der Waals surface area contributed by atoms with Crippen LogP contribution in [0.15, 0.2) is 54.7 Å². The van der Waals surface area contributed by atoms with E-state index in [0.717, 1.165) is 17.5 Å². The maximum absolute atomic E-state index is 11.9. The summed E-state index contributed by atoms with van der Waals surface area (Å²) in [7, 11) is 0. The van der Waals surface area contributed by atoms with Crippen LogP contribution in [-0.2, 0) is 4.79 Å². The Morgan fingerprint density at radius 2 is 1.91 bits per heavy atom. The van der Waals surface area contributed by atoms with Crippen LogP contribution < -0.4 is 10.1 Å². The van der Waals surface area contributed by atoms with Gasteiger partial charge in [-0.15, -0.1) is 0 Å². The van der Waals surface area contributed by atoms with Gasteiger partial charge in [0.05, 0.1) is 4.92 Å². The maximum atomic E-state index is 11.9. The van der Waals surface area contributed by atoms with Gasteiger partial charge in [-0.1, -0.05) is 30.3 Å². The summed E-state index contributed by atoms with van der Waals surface area (Å²) in [4.78, 5) is 21.6. The predicted octanol–water partition coefficient (Wildman–Crippen LogP) is 3.26. The highest BCUT2D eigenvalue weighted by Gasteiger charge is 2.05. The average Bonchev–Trinajstić information content (AvgIpc) is 2.54. The van der Waals surface area contributed by atoms with E-state index < -0.39 is 4.92 Å². The molecule has 0 radical (unpaired) electrons. The molecule has 0 fully saturated rings. The highest BCUT2D eigenvalue weighted by Crippen LogP contribution is 2.15. The standard InChI is InChI=1S/C17H16N2O4/c1-13-4-2-3-5-16(13)18-17(20)12-23-15-8-6-14(7-9-15)10-11-19(21)22/h2-11H,12H2,1H3,(H,18,20). The molecule has 2 aromatic rings. The Balaban J connectivity index is 1.87. The maximum Gasteiger partial charge on any atom is 0.262 e. The summed E-state index contributed by atoms with van der Waals surface area (Å²) in [5, 5.41) is 13.0. The van der Waals surface area contributed by atoms with Crippen LogP contribution in [0.5, 0.6) is 5.75 Å². The summed E-state index contributed by atoms with van der Waals surface area (Å²) in [5.74, 6) is 0.264. The van der Waals surface area contributed by atoms with Gasteiger partial charge >= 0.3 is 0 Å². The van der Waals surface area contributed by atoms with Crippen molar-refractivity contribution in [1.82, 2.24) is 0 Å². The summed E-state index contributed by atoms with van der Waals surface area (Å²) in [6.45, 7) is 1.80. The molecule has 0 aromatic heterocycles. The topological polar surface area (TPSA) is 81.5 Å². The molecular formula is C17H16N2O4. The first kappa shape index (κ1) is 16.2. The molecule has 0 saturated carbocycles. The number of para-hydroxylation sites is 1. The SMILES string of the molecule is Cc1ccccc1NC(=O)COc1ccc(C=C[N+](=O)[O-])cc1. The second kappa shape index (κ2) is 7.74. The van der Waals surface area contributed by atoms with Gasteiger partial charge in [0, 0.05) is 11.8 Å². The number of hydrogen-bond donors (Lipinski definition) is 1. The number of carbonyl (C=O) groups excluding carboxylic acids is 1. The fourth-order valence-corrected chi connectivity index (χ4v) is 1.87. The summed E-state index contributed by atoms with van der Waals surface area (Å²) in [5.41, 5.74) is 2.41. The number of nitrogens with zero attached hydrogens (tertiary/aromatic N) is 1. The number of anilines is 1. The third kappa shape index (κ3) is 5.28. The molecule has 6 nitrogen and oxygen atoms in total. The van der Waals surface area contributed by atoms with Crippen molar-refractivity contribution in [3.05, 3.63) is 76.0 Å². The zero-order valence-corrected chi connectivity index (χ0v) is 12.6. The lowest BCUT2D eigenvalue weighted by Gasteiger charge is -2.09. The molecule has 1 amide bonds. The molecule has 0 saturated heterocycles. The monoisotopic (exact) mass is 312 g/mol. The fourth-order valence-electron chi connectivity index (χ4n) is 1.87. The van der Waals surface area contributed by atoms with Crippen molar-refractivity contribution in [1.29, 1.82) is 0 Å². The zero-order valence-electron chi connectivity index (χ0n) is 12.6. The van der Waals surface area contributed by atoms with E-state index >= 15 is 0 Å². The Bertz CT molecular complexity index is 724. The molecular weight excluding hydrogens is 296 g/mol. The average molecular weight is 312 g/mol. The molecule has 2 rings (SSSR count). The molecule has 0 aliphatic rings. The molecule has 0 aliphatic heterocycles. The number of nitro groups is 1. The van der Waals surface area contributed by atoms with Gasteiger partial charge in [-0.2, -0.15) is 0 Å². The first-order chi connectivity index (χ1) is 11.0. The number of aryl methyl sites for hydroxylation is 1. The van der Waals surface area contributed by atoms with Crippen molar-refractivity contribution < 1.29 is 14.5 Å². The number of nitrogens with one attached hydrogen (secondary N) is 1. The second-order valence-electron chi connectivity index (χ2n) is 4.82. The van der Waals surface area contributed by atoms with E-state index in [4.69, 9.17) is 4.74 Å². The summed E-state index contributed by atoms with van der Waals surface area (Å²) >= 11 is 0. The minimum Gasteiger partial charge on any atom is -0.484 e. The lowest BCUT2D eigenvalue weighted by Crippen LogP contribution is -2.20. The van der Waals surface area contributed by atoms with Gasteiger partial charge in [0.1, 0.15) is 5.75 Å². The van der Waals surface area contributed by atoms with Crippen molar-refractivity contribution in [3.8, 4) is 5.75 Å². The van der Waals surface area contributed by atoms with Gasteiger partial charge in [-0.25, -0.2) is 0 Å². The number of ether oxygens (including phenoxy) is 1. The fraction of sp³-hybridized carbons (Fsp3) is 0.118. The smallest absolute Gasteiger partial charge is 0.262 e. The van der Waals surface area contributed by atoms with Crippen LogP contribution in [-0.4, -0.2) is 17.4 Å². The number of amides is 1. The van der Waals surface area contributed by atoms with Crippen molar-refractivity contribution in [2.75, 3.05) is 11.9 Å². The Morgan fingerprint density at radius 1 is 1.22 bits per heavy atom. The molecule has 0 unspecified atom stereocenters. The highest BCUT2D eigenvalue weighted by molar-refractivity contribution is 5.92. The molecule has 6 heteroatoms. The van der Waals surface area contributed by atoms with Crippen molar-refractivity contribution in [3.63, 3.8) is 0 Å². The normalized spacial score (nSPS) is 10.5. The molecule has 0 spiro atoms. The molecule has 0 aliphatic carbocycles. The summed E-state index contributed by atoms with van der Waals surface area (Å²) in [6.07, 6.45) is 2.25. The van der Waals surface area contributed by atoms with Gasteiger partial charge in [0.2, 0.25) is 6.20 Å². The molecule has 2 aromatic carbocycles. The minimum atomic E-state index is -0.527. The lowest BCUT2D eigenvalue weighted by atomic mass is 10.2. The predicted molar refractivity (Wildman–Crippen MR) is 87.8 cm³/mol. The van der Waals surface area contributed by atoms with E-state index in [2.05, 4.69) is 5.32 Å². The van der Waals surface area contributed by atoms with Crippen LogP contribution in [0.4, 0.5) is 5.69 Å². The lowest BCUT2D eigenvalue weighted by molar-refractivity contribution is -0.400. The number of rotatable bonds is 6. The molecule has 0 atom stereocenters. The van der Waals surface area contributed by atoms with E-state index in [-0.39, 0.29) is 12.5 Å². The Kier molecular flexibility index (Phi) is 5.46. The van der Waals surface area contributed by atoms with Crippen molar-refractivity contribution in [2.24, 2.45) is 0 Å². The Morgan fingerprint density at radius 3 is 2.57 bits per heavy atom. The third-order valence-electron chi connectivity index (χ3n) is 3.06. The third-order valence-corrected chi connectivity index (χ3v) is 3.06. The zero-order chi connectivity index (χ0) is 16.7. The molecule has 118 valence electrons. The first-order valence-corrected chi connectivity index (χ1v) is 6.94. The Hall–Kier alpha value is -3.15. The van der Waals surface area contributed by atoms with Crippen LogP contribution in [0.2, 0.25) is 0 Å². The van der Waals surface area contributed by atoms with Crippen LogP contribution in [0.25, 0.3) is 6.08 Å². The van der Waals surface area contributed by atoms with Crippen LogP contribution in [0.1, 0.15) is 11.1 Å². The van der Waals surface area contributed by atoms with Crippen molar-refractivity contribution >= 4 is 17.7 Å². The van der Waals surface area contributed by atoms with Gasteiger partial charge in [0.15, 0.2) is 6.61 Å². The number of benzene rings is 2. The molecule has 0 heterocycles. The number of hydrogen-bond acceptors (Lipinski definition) is 4. The van der Waals surface area contributed by atoms with E-state index in [0.29, 0.717) is 11.3 Å². The summed E-state index contributed by atoms with van der Waals surface area (Å²) < 4.78 is 5.39. The van der Waals surface area contributed by atoms with E-state index in [9.17, 15) is 14.9 Å². The van der Waals surface area contributed by atoms with E-state index in [1.807, 2.05) is 31.2 Å². The quantitative estimate of drug-likeness (QED) is 0.655. The minimum absolute atomic E-state index is 0.113. The van der Waals surface area contributed by atoms with Gasteiger partial charge in [-0.3, -0.25) is 14.9 Å². The highest BCUT2D eigenvalue weighted by atomic mass is 16.6. The van der Waals surface area contributed by atoms with E-state index in [1.54, 1.807) is 24.3 Å². The molecule has 1 N–H and O–H groups in total. The molecule has 23 heavy (non-hydrogen) atoms. The largest absolute Gasteiger partial charge is 0.484 e.